The lowest BCUT2D eigenvalue weighted by Gasteiger charge is -2.19. The summed E-state index contributed by atoms with van der Waals surface area (Å²) in [6, 6.07) is 0. The molecule has 0 radical (unpaired) electrons. The smallest absolute Gasteiger partial charge is 0.167 e. The maximum absolute atomic E-state index is 10.5. The van der Waals surface area contributed by atoms with Gasteiger partial charge in [-0.25, -0.2) is 15.0 Å². The van der Waals surface area contributed by atoms with E-state index in [0.29, 0.717) is 30.2 Å². The van der Waals surface area contributed by atoms with Gasteiger partial charge in [0, 0.05) is 13.7 Å². The molecule has 0 aliphatic carbocycles. The molecule has 138 valence electrons. The van der Waals surface area contributed by atoms with Crippen molar-refractivity contribution in [3.05, 3.63) is 12.7 Å². The summed E-state index contributed by atoms with van der Waals surface area (Å²) in [5, 5.41) is 10.5. The zero-order valence-corrected chi connectivity index (χ0v) is 14.5. The molecular formula is C16H25N5O4. The van der Waals surface area contributed by atoms with E-state index in [4.69, 9.17) is 19.9 Å². The Morgan fingerprint density at radius 1 is 1.32 bits per heavy atom. The Kier molecular flexibility index (Phi) is 5.79. The molecule has 0 spiro atoms. The standard InChI is InChI=1S/C16H25N5O4/c1-3-4-5-6-24-7-10-12(22)13(23-2)16(25-10)21-9-20-11-14(17)18-8-19-15(11)21/h8-10,12-13,16,22H,3-7H2,1-2H3,(H2,17,18,19)/t10-,12-,13-,16-/m1/s1. The monoisotopic (exact) mass is 351 g/mol. The lowest BCUT2D eigenvalue weighted by molar-refractivity contribution is -0.0689. The van der Waals surface area contributed by atoms with Crippen LogP contribution >= 0.6 is 0 Å². The van der Waals surface area contributed by atoms with Crippen LogP contribution < -0.4 is 5.73 Å². The van der Waals surface area contributed by atoms with Crippen molar-refractivity contribution in [2.45, 2.75) is 50.7 Å². The van der Waals surface area contributed by atoms with Crippen LogP contribution in [0.1, 0.15) is 32.4 Å². The van der Waals surface area contributed by atoms with Crippen molar-refractivity contribution < 1.29 is 19.3 Å². The summed E-state index contributed by atoms with van der Waals surface area (Å²) < 4.78 is 18.8. The van der Waals surface area contributed by atoms with Crippen LogP contribution in [0.2, 0.25) is 0 Å². The van der Waals surface area contributed by atoms with Crippen LogP contribution in [0.5, 0.6) is 0 Å². The molecule has 9 heteroatoms. The van der Waals surface area contributed by atoms with Gasteiger partial charge in [0.05, 0.1) is 12.9 Å². The average molecular weight is 351 g/mol. The minimum Gasteiger partial charge on any atom is -0.387 e. The van der Waals surface area contributed by atoms with Crippen molar-refractivity contribution in [2.75, 3.05) is 26.1 Å². The minimum absolute atomic E-state index is 0.298. The fourth-order valence-corrected chi connectivity index (χ4v) is 3.04. The quantitative estimate of drug-likeness (QED) is 0.673. The number of rotatable bonds is 8. The van der Waals surface area contributed by atoms with E-state index in [0.717, 1.165) is 19.3 Å². The van der Waals surface area contributed by atoms with E-state index in [2.05, 4.69) is 21.9 Å². The van der Waals surface area contributed by atoms with Gasteiger partial charge in [-0.15, -0.1) is 0 Å². The summed E-state index contributed by atoms with van der Waals surface area (Å²) in [7, 11) is 1.54. The molecule has 3 rings (SSSR count). The zero-order chi connectivity index (χ0) is 17.8. The van der Waals surface area contributed by atoms with E-state index in [1.54, 1.807) is 10.9 Å². The Hall–Kier alpha value is -1.81. The third kappa shape index (κ3) is 3.59. The number of aromatic nitrogens is 4. The molecule has 3 heterocycles. The summed E-state index contributed by atoms with van der Waals surface area (Å²) in [5.74, 6) is 0.298. The van der Waals surface area contributed by atoms with Gasteiger partial charge in [0.1, 0.15) is 30.2 Å². The van der Waals surface area contributed by atoms with E-state index in [1.807, 2.05) is 0 Å². The number of aliphatic hydroxyl groups excluding tert-OH is 1. The molecule has 0 aromatic carbocycles. The largest absolute Gasteiger partial charge is 0.387 e. The molecule has 2 aromatic heterocycles. The maximum atomic E-state index is 10.5. The molecule has 1 fully saturated rings. The molecule has 0 saturated carbocycles. The highest BCUT2D eigenvalue weighted by molar-refractivity contribution is 5.81. The number of aliphatic hydroxyl groups is 1. The third-order valence-corrected chi connectivity index (χ3v) is 4.42. The second-order valence-corrected chi connectivity index (χ2v) is 6.12. The van der Waals surface area contributed by atoms with Gasteiger partial charge >= 0.3 is 0 Å². The van der Waals surface area contributed by atoms with Crippen LogP contribution in [0.4, 0.5) is 5.82 Å². The number of anilines is 1. The number of nitrogen functional groups attached to an aromatic ring is 1. The number of imidazole rings is 1. The maximum Gasteiger partial charge on any atom is 0.167 e. The van der Waals surface area contributed by atoms with Gasteiger partial charge in [0.15, 0.2) is 17.7 Å². The normalized spacial score (nSPS) is 26.5. The molecule has 0 bridgehead atoms. The van der Waals surface area contributed by atoms with Gasteiger partial charge in [-0.1, -0.05) is 19.8 Å². The highest BCUT2D eigenvalue weighted by Gasteiger charge is 2.45. The molecule has 1 aliphatic heterocycles. The van der Waals surface area contributed by atoms with Crippen LogP contribution in [0, 0.1) is 0 Å². The van der Waals surface area contributed by atoms with E-state index < -0.39 is 24.5 Å². The predicted octanol–water partition coefficient (Wildman–Crippen LogP) is 0.889. The summed E-state index contributed by atoms with van der Waals surface area (Å²) in [5.41, 5.74) is 6.86. The van der Waals surface area contributed by atoms with Gasteiger partial charge in [0.2, 0.25) is 0 Å². The van der Waals surface area contributed by atoms with Crippen molar-refractivity contribution in [1.29, 1.82) is 0 Å². The second kappa shape index (κ2) is 8.05. The molecule has 9 nitrogen and oxygen atoms in total. The number of hydrogen-bond donors (Lipinski definition) is 2. The Morgan fingerprint density at radius 2 is 2.16 bits per heavy atom. The fourth-order valence-electron chi connectivity index (χ4n) is 3.04. The third-order valence-electron chi connectivity index (χ3n) is 4.42. The second-order valence-electron chi connectivity index (χ2n) is 6.12. The molecule has 4 atom stereocenters. The van der Waals surface area contributed by atoms with E-state index in [9.17, 15) is 5.11 Å². The van der Waals surface area contributed by atoms with Gasteiger partial charge in [-0.05, 0) is 6.42 Å². The number of ether oxygens (including phenoxy) is 3. The van der Waals surface area contributed by atoms with Crippen LogP contribution in [0.3, 0.4) is 0 Å². The van der Waals surface area contributed by atoms with E-state index >= 15 is 0 Å². The summed E-state index contributed by atoms with van der Waals surface area (Å²) in [4.78, 5) is 12.4. The summed E-state index contributed by atoms with van der Waals surface area (Å²) in [6.07, 6.45) is 3.80. The number of hydrogen-bond acceptors (Lipinski definition) is 8. The Morgan fingerprint density at radius 3 is 2.92 bits per heavy atom. The summed E-state index contributed by atoms with van der Waals surface area (Å²) >= 11 is 0. The van der Waals surface area contributed by atoms with Crippen molar-refractivity contribution in [1.82, 2.24) is 19.5 Å². The fraction of sp³-hybridized carbons (Fsp3) is 0.688. The number of nitrogens with zero attached hydrogens (tertiary/aromatic N) is 4. The van der Waals surface area contributed by atoms with Crippen LogP contribution in [-0.2, 0) is 14.2 Å². The van der Waals surface area contributed by atoms with Gasteiger partial charge in [-0.3, -0.25) is 4.57 Å². The Bertz CT molecular complexity index is 694. The first-order valence-electron chi connectivity index (χ1n) is 8.54. The molecule has 2 aromatic rings. The molecule has 0 amide bonds. The zero-order valence-electron chi connectivity index (χ0n) is 14.5. The van der Waals surface area contributed by atoms with Gasteiger partial charge in [0.25, 0.3) is 0 Å². The lowest BCUT2D eigenvalue weighted by atomic mass is 10.1. The summed E-state index contributed by atoms with van der Waals surface area (Å²) in [6.45, 7) is 3.11. The highest BCUT2D eigenvalue weighted by atomic mass is 16.6. The first kappa shape index (κ1) is 18.0. The number of nitrogens with two attached hydrogens (primary N) is 1. The number of fused-ring (bicyclic) bond motifs is 1. The first-order chi connectivity index (χ1) is 12.2. The molecule has 0 unspecified atom stereocenters. The van der Waals surface area contributed by atoms with Crippen molar-refractivity contribution >= 4 is 17.0 Å². The SMILES string of the molecule is CCCCCOC[C@H]1O[C@@H](n2cnc3c(N)ncnc32)[C@H](OC)[C@@H]1O. The highest BCUT2D eigenvalue weighted by Crippen LogP contribution is 2.33. The van der Waals surface area contributed by atoms with E-state index in [-0.39, 0.29) is 0 Å². The predicted molar refractivity (Wildman–Crippen MR) is 90.8 cm³/mol. The van der Waals surface area contributed by atoms with E-state index in [1.165, 1.54) is 13.4 Å². The van der Waals surface area contributed by atoms with Crippen molar-refractivity contribution in [3.8, 4) is 0 Å². The molecule has 3 N–H and O–H groups in total. The lowest BCUT2D eigenvalue weighted by Crippen LogP contribution is -2.35. The topological polar surface area (TPSA) is 118 Å². The van der Waals surface area contributed by atoms with Crippen LogP contribution in [0.15, 0.2) is 12.7 Å². The first-order valence-corrected chi connectivity index (χ1v) is 8.54. The molecule has 1 saturated heterocycles. The van der Waals surface area contributed by atoms with Crippen LogP contribution in [-0.4, -0.2) is 63.3 Å². The Labute approximate surface area is 146 Å². The molecule has 25 heavy (non-hydrogen) atoms. The van der Waals surface area contributed by atoms with Gasteiger partial charge in [-0.2, -0.15) is 0 Å². The van der Waals surface area contributed by atoms with Gasteiger partial charge < -0.3 is 25.1 Å². The number of methoxy groups -OCH3 is 1. The minimum atomic E-state index is -0.808. The number of unbranched alkanes of at least 4 members (excludes halogenated alkanes) is 2. The van der Waals surface area contributed by atoms with Crippen molar-refractivity contribution in [3.63, 3.8) is 0 Å². The van der Waals surface area contributed by atoms with Crippen LogP contribution in [0.25, 0.3) is 11.2 Å². The van der Waals surface area contributed by atoms with Crippen molar-refractivity contribution in [2.24, 2.45) is 0 Å². The molecular weight excluding hydrogens is 326 g/mol. The molecule has 1 aliphatic rings. The Balaban J connectivity index is 1.73. The average Bonchev–Trinajstić information content (AvgIpc) is 3.17.